The molecule has 108 valence electrons. The normalized spacial score (nSPS) is 10.4. The zero-order chi connectivity index (χ0) is 15.6. The molecule has 0 radical (unpaired) electrons. The standard InChI is InChI=1S/C17H17NO3/c1-11-4-6-14(8-13(11)3)9-17(19)16-10-15(18(20)21)7-5-12(16)2/h4-8,10H,9H2,1-3H3. The topological polar surface area (TPSA) is 60.2 Å². The molecule has 4 nitrogen and oxygen atoms in total. The molecule has 0 fully saturated rings. The van der Waals surface area contributed by atoms with Gasteiger partial charge in [0.2, 0.25) is 0 Å². The molecule has 0 aliphatic rings. The lowest BCUT2D eigenvalue weighted by molar-refractivity contribution is -0.384. The molecule has 0 atom stereocenters. The summed E-state index contributed by atoms with van der Waals surface area (Å²) in [6.45, 7) is 5.81. The van der Waals surface area contributed by atoms with Crippen LogP contribution in [0.1, 0.15) is 32.6 Å². The summed E-state index contributed by atoms with van der Waals surface area (Å²) in [5.41, 5.74) is 4.36. The molecule has 0 aromatic heterocycles. The Kier molecular flexibility index (Phi) is 4.17. The molecule has 0 aliphatic carbocycles. The van der Waals surface area contributed by atoms with Crippen molar-refractivity contribution in [3.63, 3.8) is 0 Å². The van der Waals surface area contributed by atoms with Crippen molar-refractivity contribution in [2.75, 3.05) is 0 Å². The van der Waals surface area contributed by atoms with Crippen LogP contribution in [0.2, 0.25) is 0 Å². The van der Waals surface area contributed by atoms with E-state index < -0.39 is 4.92 Å². The van der Waals surface area contributed by atoms with Crippen molar-refractivity contribution < 1.29 is 9.72 Å². The number of nitro groups is 1. The van der Waals surface area contributed by atoms with Crippen LogP contribution in [0.25, 0.3) is 0 Å². The van der Waals surface area contributed by atoms with Gasteiger partial charge in [0.05, 0.1) is 4.92 Å². The molecule has 0 saturated carbocycles. The van der Waals surface area contributed by atoms with Crippen molar-refractivity contribution >= 4 is 11.5 Å². The van der Waals surface area contributed by atoms with Crippen LogP contribution in [-0.4, -0.2) is 10.7 Å². The van der Waals surface area contributed by atoms with Gasteiger partial charge in [-0.3, -0.25) is 14.9 Å². The summed E-state index contributed by atoms with van der Waals surface area (Å²) in [5, 5.41) is 10.8. The van der Waals surface area contributed by atoms with E-state index in [0.29, 0.717) is 5.56 Å². The van der Waals surface area contributed by atoms with Crippen LogP contribution in [0.5, 0.6) is 0 Å². The van der Waals surface area contributed by atoms with Crippen molar-refractivity contribution in [2.24, 2.45) is 0 Å². The summed E-state index contributed by atoms with van der Waals surface area (Å²) in [6, 6.07) is 10.3. The molecule has 0 unspecified atom stereocenters. The largest absolute Gasteiger partial charge is 0.294 e. The summed E-state index contributed by atoms with van der Waals surface area (Å²) in [5.74, 6) is -0.0977. The first kappa shape index (κ1) is 14.9. The van der Waals surface area contributed by atoms with Crippen molar-refractivity contribution in [3.05, 3.63) is 74.3 Å². The maximum Gasteiger partial charge on any atom is 0.270 e. The average Bonchev–Trinajstić information content (AvgIpc) is 2.43. The Morgan fingerprint density at radius 1 is 1.00 bits per heavy atom. The highest BCUT2D eigenvalue weighted by Gasteiger charge is 2.15. The van der Waals surface area contributed by atoms with Crippen LogP contribution >= 0.6 is 0 Å². The van der Waals surface area contributed by atoms with Crippen LogP contribution in [0.4, 0.5) is 5.69 Å². The molecule has 2 aromatic rings. The quantitative estimate of drug-likeness (QED) is 0.485. The second-order valence-electron chi connectivity index (χ2n) is 5.27. The van der Waals surface area contributed by atoms with E-state index in [1.807, 2.05) is 32.0 Å². The Balaban J connectivity index is 2.29. The molecule has 0 bridgehead atoms. The van der Waals surface area contributed by atoms with Gasteiger partial charge in [0.1, 0.15) is 0 Å². The van der Waals surface area contributed by atoms with E-state index in [1.54, 1.807) is 13.0 Å². The molecular weight excluding hydrogens is 266 g/mol. The lowest BCUT2D eigenvalue weighted by Crippen LogP contribution is -2.07. The third-order valence-electron chi connectivity index (χ3n) is 3.67. The first-order valence-corrected chi connectivity index (χ1v) is 6.73. The van der Waals surface area contributed by atoms with Gasteiger partial charge in [0.25, 0.3) is 5.69 Å². The number of Topliss-reactive ketones (excluding diaryl/α,β-unsaturated/α-hetero) is 1. The fraction of sp³-hybridized carbons (Fsp3) is 0.235. The van der Waals surface area contributed by atoms with Crippen molar-refractivity contribution in [3.8, 4) is 0 Å². The minimum absolute atomic E-state index is 0.0518. The number of non-ortho nitro benzene ring substituents is 1. The van der Waals surface area contributed by atoms with Gasteiger partial charge in [-0.2, -0.15) is 0 Å². The van der Waals surface area contributed by atoms with Crippen molar-refractivity contribution in [2.45, 2.75) is 27.2 Å². The third kappa shape index (κ3) is 3.34. The second-order valence-corrected chi connectivity index (χ2v) is 5.27. The predicted molar refractivity (Wildman–Crippen MR) is 81.8 cm³/mol. The van der Waals surface area contributed by atoms with E-state index in [4.69, 9.17) is 0 Å². The molecule has 2 aromatic carbocycles. The van der Waals surface area contributed by atoms with Crippen LogP contribution in [0.15, 0.2) is 36.4 Å². The highest BCUT2D eigenvalue weighted by molar-refractivity contribution is 5.99. The lowest BCUT2D eigenvalue weighted by Gasteiger charge is -2.07. The number of rotatable bonds is 4. The molecule has 0 spiro atoms. The molecule has 0 N–H and O–H groups in total. The molecule has 2 rings (SSSR count). The Hall–Kier alpha value is -2.49. The molecule has 0 saturated heterocycles. The number of carbonyl (C=O) groups excluding carboxylic acids is 1. The Morgan fingerprint density at radius 3 is 2.29 bits per heavy atom. The van der Waals surface area contributed by atoms with Gasteiger partial charge >= 0.3 is 0 Å². The summed E-state index contributed by atoms with van der Waals surface area (Å²) in [7, 11) is 0. The van der Waals surface area contributed by atoms with E-state index in [9.17, 15) is 14.9 Å². The highest BCUT2D eigenvalue weighted by Crippen LogP contribution is 2.20. The van der Waals surface area contributed by atoms with Gasteiger partial charge in [-0.25, -0.2) is 0 Å². The predicted octanol–water partition coefficient (Wildman–Crippen LogP) is 3.95. The second kappa shape index (κ2) is 5.87. The fourth-order valence-electron chi connectivity index (χ4n) is 2.22. The number of benzene rings is 2. The minimum Gasteiger partial charge on any atom is -0.294 e. The maximum absolute atomic E-state index is 12.4. The molecule has 0 amide bonds. The first-order chi connectivity index (χ1) is 9.88. The first-order valence-electron chi connectivity index (χ1n) is 6.73. The lowest BCUT2D eigenvalue weighted by atomic mass is 9.97. The van der Waals surface area contributed by atoms with Gasteiger partial charge in [0, 0.05) is 24.1 Å². The molecule has 0 aliphatic heterocycles. The zero-order valence-electron chi connectivity index (χ0n) is 12.3. The van der Waals surface area contributed by atoms with Crippen molar-refractivity contribution in [1.82, 2.24) is 0 Å². The fourth-order valence-corrected chi connectivity index (χ4v) is 2.22. The number of hydrogen-bond acceptors (Lipinski definition) is 3. The van der Waals surface area contributed by atoms with E-state index in [0.717, 1.165) is 16.7 Å². The van der Waals surface area contributed by atoms with Gasteiger partial charge in [-0.1, -0.05) is 24.3 Å². The van der Waals surface area contributed by atoms with E-state index >= 15 is 0 Å². The van der Waals surface area contributed by atoms with Gasteiger partial charge in [0.15, 0.2) is 5.78 Å². The summed E-state index contributed by atoms with van der Waals surface area (Å²) >= 11 is 0. The van der Waals surface area contributed by atoms with Gasteiger partial charge in [-0.15, -0.1) is 0 Å². The average molecular weight is 283 g/mol. The van der Waals surface area contributed by atoms with Crippen molar-refractivity contribution in [1.29, 1.82) is 0 Å². The van der Waals surface area contributed by atoms with Crippen LogP contribution in [0.3, 0.4) is 0 Å². The number of hydrogen-bond donors (Lipinski definition) is 0. The molecule has 21 heavy (non-hydrogen) atoms. The smallest absolute Gasteiger partial charge is 0.270 e. The van der Waals surface area contributed by atoms with Gasteiger partial charge in [-0.05, 0) is 43.0 Å². The van der Waals surface area contributed by atoms with E-state index in [2.05, 4.69) is 0 Å². The Morgan fingerprint density at radius 2 is 1.67 bits per heavy atom. The zero-order valence-corrected chi connectivity index (χ0v) is 12.3. The molecular formula is C17H17NO3. The number of nitro benzene ring substituents is 1. The van der Waals surface area contributed by atoms with E-state index in [-0.39, 0.29) is 17.9 Å². The summed E-state index contributed by atoms with van der Waals surface area (Å²) in [6.07, 6.45) is 0.253. The Bertz CT molecular complexity index is 720. The molecule has 0 heterocycles. The van der Waals surface area contributed by atoms with Crippen LogP contribution in [-0.2, 0) is 6.42 Å². The molecule has 4 heteroatoms. The minimum atomic E-state index is -0.480. The van der Waals surface area contributed by atoms with Crippen LogP contribution in [0, 0.1) is 30.9 Å². The van der Waals surface area contributed by atoms with Crippen LogP contribution < -0.4 is 0 Å². The number of ketones is 1. The SMILES string of the molecule is Cc1ccc(CC(=O)c2cc([N+](=O)[O-])ccc2C)cc1C. The highest BCUT2D eigenvalue weighted by atomic mass is 16.6. The maximum atomic E-state index is 12.4. The Labute approximate surface area is 123 Å². The number of carbonyl (C=O) groups is 1. The number of nitrogens with zero attached hydrogens (tertiary/aromatic N) is 1. The monoisotopic (exact) mass is 283 g/mol. The summed E-state index contributed by atoms with van der Waals surface area (Å²) in [4.78, 5) is 22.7. The number of aryl methyl sites for hydroxylation is 3. The third-order valence-corrected chi connectivity index (χ3v) is 3.67. The summed E-state index contributed by atoms with van der Waals surface area (Å²) < 4.78 is 0. The van der Waals surface area contributed by atoms with E-state index in [1.165, 1.54) is 17.7 Å². The van der Waals surface area contributed by atoms with Gasteiger partial charge < -0.3 is 0 Å².